The topological polar surface area (TPSA) is 112 Å². The highest BCUT2D eigenvalue weighted by Crippen LogP contribution is 2.12. The SMILES string of the molecule is CCCc1c(O)n(CCS(=O)(=O)N(C)C)c(=O)[nH]c1=O. The van der Waals surface area contributed by atoms with Crippen LogP contribution in [-0.2, 0) is 23.0 Å². The zero-order valence-electron chi connectivity index (χ0n) is 11.7. The minimum atomic E-state index is -3.49. The van der Waals surface area contributed by atoms with E-state index < -0.39 is 27.2 Å². The monoisotopic (exact) mass is 305 g/mol. The minimum absolute atomic E-state index is 0.0920. The number of aromatic amines is 1. The van der Waals surface area contributed by atoms with Crippen molar-refractivity contribution in [3.8, 4) is 5.88 Å². The van der Waals surface area contributed by atoms with Gasteiger partial charge in [-0.2, -0.15) is 0 Å². The van der Waals surface area contributed by atoms with Gasteiger partial charge in [0.2, 0.25) is 15.9 Å². The number of sulfonamides is 1. The number of hydrogen-bond donors (Lipinski definition) is 2. The Morgan fingerprint density at radius 2 is 1.90 bits per heavy atom. The first kappa shape index (κ1) is 16.4. The van der Waals surface area contributed by atoms with Crippen LogP contribution in [0.3, 0.4) is 0 Å². The number of aromatic hydroxyl groups is 1. The quantitative estimate of drug-likeness (QED) is 0.706. The van der Waals surface area contributed by atoms with Gasteiger partial charge in [0.05, 0.1) is 11.3 Å². The van der Waals surface area contributed by atoms with E-state index in [0.717, 1.165) is 8.87 Å². The number of hydrogen-bond acceptors (Lipinski definition) is 5. The van der Waals surface area contributed by atoms with Crippen LogP contribution in [0.5, 0.6) is 5.88 Å². The molecule has 0 fully saturated rings. The predicted octanol–water partition coefficient (Wildman–Crippen LogP) is -0.914. The maximum absolute atomic E-state index is 11.7. The normalized spacial score (nSPS) is 12.0. The van der Waals surface area contributed by atoms with Gasteiger partial charge in [0.15, 0.2) is 0 Å². The first-order valence-electron chi connectivity index (χ1n) is 6.15. The van der Waals surface area contributed by atoms with Crippen LogP contribution in [0, 0.1) is 0 Å². The van der Waals surface area contributed by atoms with E-state index >= 15 is 0 Å². The maximum Gasteiger partial charge on any atom is 0.331 e. The third kappa shape index (κ3) is 3.48. The number of nitrogens with zero attached hydrogens (tertiary/aromatic N) is 2. The molecule has 2 N–H and O–H groups in total. The summed E-state index contributed by atoms with van der Waals surface area (Å²) in [6, 6.07) is 0. The van der Waals surface area contributed by atoms with Crippen LogP contribution < -0.4 is 11.2 Å². The van der Waals surface area contributed by atoms with Gasteiger partial charge in [-0.3, -0.25) is 14.3 Å². The molecule has 0 aromatic carbocycles. The van der Waals surface area contributed by atoms with Crippen LogP contribution in [-0.4, -0.2) is 47.2 Å². The lowest BCUT2D eigenvalue weighted by Gasteiger charge is -2.14. The van der Waals surface area contributed by atoms with Crippen molar-refractivity contribution in [1.82, 2.24) is 13.9 Å². The average molecular weight is 305 g/mol. The molecule has 0 aliphatic carbocycles. The van der Waals surface area contributed by atoms with Crippen molar-refractivity contribution in [2.45, 2.75) is 26.3 Å². The second-order valence-corrected chi connectivity index (χ2v) is 6.86. The highest BCUT2D eigenvalue weighted by atomic mass is 32.2. The molecule has 1 aromatic heterocycles. The van der Waals surface area contributed by atoms with Crippen molar-refractivity contribution >= 4 is 10.0 Å². The molecule has 0 bridgehead atoms. The number of H-pyrrole nitrogens is 1. The van der Waals surface area contributed by atoms with Crippen molar-refractivity contribution in [3.05, 3.63) is 26.4 Å². The molecule has 0 atom stereocenters. The van der Waals surface area contributed by atoms with E-state index in [4.69, 9.17) is 0 Å². The fourth-order valence-corrected chi connectivity index (χ4v) is 2.45. The summed E-state index contributed by atoms with van der Waals surface area (Å²) in [6.45, 7) is 1.60. The van der Waals surface area contributed by atoms with Gasteiger partial charge in [-0.05, 0) is 6.42 Å². The van der Waals surface area contributed by atoms with Crippen LogP contribution in [0.1, 0.15) is 18.9 Å². The Balaban J connectivity index is 3.17. The Morgan fingerprint density at radius 1 is 1.30 bits per heavy atom. The maximum atomic E-state index is 11.7. The van der Waals surface area contributed by atoms with Gasteiger partial charge in [-0.1, -0.05) is 13.3 Å². The summed E-state index contributed by atoms with van der Waals surface area (Å²) >= 11 is 0. The Kier molecular flexibility index (Phi) is 5.12. The molecule has 9 heteroatoms. The fourth-order valence-electron chi connectivity index (χ4n) is 1.67. The molecule has 0 spiro atoms. The van der Waals surface area contributed by atoms with E-state index in [9.17, 15) is 23.1 Å². The Labute approximate surface area is 116 Å². The van der Waals surface area contributed by atoms with E-state index in [0.29, 0.717) is 12.8 Å². The van der Waals surface area contributed by atoms with Crippen molar-refractivity contribution < 1.29 is 13.5 Å². The van der Waals surface area contributed by atoms with Crippen LogP contribution in [0.25, 0.3) is 0 Å². The van der Waals surface area contributed by atoms with Crippen LogP contribution in [0.4, 0.5) is 0 Å². The average Bonchev–Trinajstić information content (AvgIpc) is 2.33. The van der Waals surface area contributed by atoms with Crippen LogP contribution in [0.15, 0.2) is 9.59 Å². The predicted molar refractivity (Wildman–Crippen MR) is 74.5 cm³/mol. The Morgan fingerprint density at radius 3 is 2.40 bits per heavy atom. The minimum Gasteiger partial charge on any atom is -0.494 e. The summed E-state index contributed by atoms with van der Waals surface area (Å²) in [5.74, 6) is -0.806. The van der Waals surface area contributed by atoms with Gasteiger partial charge < -0.3 is 5.11 Å². The summed E-state index contributed by atoms with van der Waals surface area (Å²) in [6.07, 6.45) is 0.923. The third-order valence-electron chi connectivity index (χ3n) is 2.89. The summed E-state index contributed by atoms with van der Waals surface area (Å²) in [5.41, 5.74) is -1.36. The lowest BCUT2D eigenvalue weighted by molar-refractivity contribution is 0.396. The second kappa shape index (κ2) is 6.23. The van der Waals surface area contributed by atoms with Gasteiger partial charge in [-0.25, -0.2) is 17.5 Å². The van der Waals surface area contributed by atoms with Crippen molar-refractivity contribution in [1.29, 1.82) is 0 Å². The Hall–Kier alpha value is -1.61. The van der Waals surface area contributed by atoms with E-state index in [2.05, 4.69) is 4.98 Å². The molecule has 0 saturated heterocycles. The van der Waals surface area contributed by atoms with Gasteiger partial charge >= 0.3 is 5.69 Å². The van der Waals surface area contributed by atoms with E-state index in [1.165, 1.54) is 14.1 Å². The first-order valence-corrected chi connectivity index (χ1v) is 7.76. The van der Waals surface area contributed by atoms with Gasteiger partial charge in [0, 0.05) is 20.6 Å². The molecule has 20 heavy (non-hydrogen) atoms. The fraction of sp³-hybridized carbons (Fsp3) is 0.636. The molecule has 0 radical (unpaired) electrons. The summed E-state index contributed by atoms with van der Waals surface area (Å²) < 4.78 is 25.2. The lowest BCUT2D eigenvalue weighted by Crippen LogP contribution is -2.35. The molecule has 1 aromatic rings. The van der Waals surface area contributed by atoms with Crippen molar-refractivity contribution in [2.75, 3.05) is 19.8 Å². The van der Waals surface area contributed by atoms with E-state index in [-0.39, 0.29) is 17.9 Å². The molecule has 114 valence electrons. The summed E-state index contributed by atoms with van der Waals surface area (Å²) in [7, 11) is -0.730. The molecule has 0 amide bonds. The van der Waals surface area contributed by atoms with Crippen LogP contribution >= 0.6 is 0 Å². The second-order valence-electron chi connectivity index (χ2n) is 4.56. The summed E-state index contributed by atoms with van der Waals surface area (Å²) in [5, 5.41) is 9.95. The van der Waals surface area contributed by atoms with E-state index in [1.807, 2.05) is 6.92 Å². The zero-order valence-corrected chi connectivity index (χ0v) is 12.5. The smallest absolute Gasteiger partial charge is 0.331 e. The number of nitrogens with one attached hydrogen (secondary N) is 1. The standard InChI is InChI=1S/C11H19N3O5S/c1-4-5-8-9(15)12-11(17)14(10(8)16)6-7-20(18,19)13(2)3/h16H,4-7H2,1-3H3,(H,12,15,17). The van der Waals surface area contributed by atoms with Gasteiger partial charge in [0.25, 0.3) is 5.56 Å². The molecular weight excluding hydrogens is 286 g/mol. The highest BCUT2D eigenvalue weighted by molar-refractivity contribution is 7.89. The van der Waals surface area contributed by atoms with Crippen LogP contribution in [0.2, 0.25) is 0 Å². The van der Waals surface area contributed by atoms with Crippen molar-refractivity contribution in [2.24, 2.45) is 0 Å². The van der Waals surface area contributed by atoms with E-state index in [1.54, 1.807) is 0 Å². The lowest BCUT2D eigenvalue weighted by atomic mass is 10.2. The molecule has 1 rings (SSSR count). The number of aromatic nitrogens is 2. The summed E-state index contributed by atoms with van der Waals surface area (Å²) in [4.78, 5) is 25.3. The molecule has 0 unspecified atom stereocenters. The molecule has 0 saturated carbocycles. The van der Waals surface area contributed by atoms with Crippen molar-refractivity contribution in [3.63, 3.8) is 0 Å². The zero-order chi connectivity index (χ0) is 15.5. The molecule has 0 aliphatic rings. The molecular formula is C11H19N3O5S. The molecule has 1 heterocycles. The highest BCUT2D eigenvalue weighted by Gasteiger charge is 2.18. The molecule has 0 aliphatic heterocycles. The molecule has 8 nitrogen and oxygen atoms in total. The largest absolute Gasteiger partial charge is 0.494 e. The van der Waals surface area contributed by atoms with Gasteiger partial charge in [0.1, 0.15) is 0 Å². The van der Waals surface area contributed by atoms with Gasteiger partial charge in [-0.15, -0.1) is 0 Å². The first-order chi connectivity index (χ1) is 9.20. The third-order valence-corrected chi connectivity index (χ3v) is 4.71. The Bertz CT molecular complexity index is 687. The number of rotatable bonds is 6.